The average molecular weight is 201 g/mol. The van der Waals surface area contributed by atoms with Crippen LogP contribution >= 0.6 is 0 Å². The van der Waals surface area contributed by atoms with Gasteiger partial charge in [0.25, 0.3) is 0 Å². The van der Waals surface area contributed by atoms with Crippen molar-refractivity contribution < 1.29 is 0 Å². The molecule has 0 saturated heterocycles. The summed E-state index contributed by atoms with van der Waals surface area (Å²) in [6, 6.07) is 11.7. The minimum Gasteiger partial charge on any atom is -0.0654 e. The van der Waals surface area contributed by atoms with Gasteiger partial charge >= 0.3 is 0 Å². The fourth-order valence-electron chi connectivity index (χ4n) is 2.86. The van der Waals surface area contributed by atoms with Crippen LogP contribution in [0.15, 0.2) is 24.3 Å². The predicted molar refractivity (Wildman–Crippen MR) is 64.9 cm³/mol. The highest BCUT2D eigenvalue weighted by atomic mass is 14.3. The van der Waals surface area contributed by atoms with Crippen molar-refractivity contribution in [3.05, 3.63) is 35.9 Å². The van der Waals surface area contributed by atoms with Crippen LogP contribution < -0.4 is 0 Å². The zero-order valence-electron chi connectivity index (χ0n) is 9.71. The summed E-state index contributed by atoms with van der Waals surface area (Å²) in [5.41, 5.74) is 1.53. The van der Waals surface area contributed by atoms with Gasteiger partial charge in [0, 0.05) is 0 Å². The summed E-state index contributed by atoms with van der Waals surface area (Å²) in [6.45, 7) is 2.30. The normalized spacial score (nSPS) is 26.5. The summed E-state index contributed by atoms with van der Waals surface area (Å²) in [5, 5.41) is 0. The van der Waals surface area contributed by atoms with E-state index >= 15 is 0 Å². The maximum absolute atomic E-state index is 3.10. The van der Waals surface area contributed by atoms with Crippen LogP contribution in [0.2, 0.25) is 0 Å². The molecule has 81 valence electrons. The SMILES string of the molecule is CCC[C@H]1CC[C@H](c2cc[c]cc2)CC1. The highest BCUT2D eigenvalue weighted by Gasteiger charge is 2.21. The van der Waals surface area contributed by atoms with Crippen molar-refractivity contribution in [2.24, 2.45) is 5.92 Å². The fraction of sp³-hybridized carbons (Fsp3) is 0.600. The summed E-state index contributed by atoms with van der Waals surface area (Å²) < 4.78 is 0. The molecule has 0 amide bonds. The van der Waals surface area contributed by atoms with E-state index in [1.54, 1.807) is 0 Å². The quantitative estimate of drug-likeness (QED) is 0.672. The Kier molecular flexibility index (Phi) is 3.82. The highest BCUT2D eigenvalue weighted by molar-refractivity contribution is 5.19. The molecule has 15 heavy (non-hydrogen) atoms. The Labute approximate surface area is 93.7 Å². The van der Waals surface area contributed by atoms with Crippen molar-refractivity contribution in [2.45, 2.75) is 51.4 Å². The Morgan fingerprint density at radius 1 is 1.13 bits per heavy atom. The minimum atomic E-state index is 0.827. The van der Waals surface area contributed by atoms with Crippen LogP contribution in [0.5, 0.6) is 0 Å². The third-order valence-corrected chi connectivity index (χ3v) is 3.76. The van der Waals surface area contributed by atoms with Gasteiger partial charge in [-0.3, -0.25) is 0 Å². The zero-order chi connectivity index (χ0) is 10.5. The van der Waals surface area contributed by atoms with Crippen LogP contribution in [-0.2, 0) is 0 Å². The van der Waals surface area contributed by atoms with Crippen molar-refractivity contribution >= 4 is 0 Å². The molecule has 0 bridgehead atoms. The van der Waals surface area contributed by atoms with Crippen molar-refractivity contribution in [1.82, 2.24) is 0 Å². The molecule has 1 aliphatic carbocycles. The molecule has 1 aliphatic rings. The monoisotopic (exact) mass is 201 g/mol. The first-order chi connectivity index (χ1) is 7.40. The molecule has 0 N–H and O–H groups in total. The lowest BCUT2D eigenvalue weighted by molar-refractivity contribution is 0.308. The molecular formula is C15H21. The molecule has 0 nitrogen and oxygen atoms in total. The van der Waals surface area contributed by atoms with E-state index in [4.69, 9.17) is 0 Å². The molecular weight excluding hydrogens is 180 g/mol. The van der Waals surface area contributed by atoms with Crippen LogP contribution in [0.25, 0.3) is 0 Å². The molecule has 0 heteroatoms. The zero-order valence-corrected chi connectivity index (χ0v) is 9.71. The molecule has 1 aromatic rings. The lowest BCUT2D eigenvalue weighted by atomic mass is 9.77. The van der Waals surface area contributed by atoms with E-state index in [1.807, 2.05) is 12.1 Å². The van der Waals surface area contributed by atoms with Crippen molar-refractivity contribution in [3.63, 3.8) is 0 Å². The van der Waals surface area contributed by atoms with Gasteiger partial charge in [0.1, 0.15) is 0 Å². The van der Waals surface area contributed by atoms with Crippen LogP contribution in [0.1, 0.15) is 56.9 Å². The average Bonchev–Trinajstić information content (AvgIpc) is 2.32. The van der Waals surface area contributed by atoms with Crippen LogP contribution in [-0.4, -0.2) is 0 Å². The lowest BCUT2D eigenvalue weighted by Gasteiger charge is -2.28. The highest BCUT2D eigenvalue weighted by Crippen LogP contribution is 2.37. The molecule has 2 rings (SSSR count). The molecule has 0 aliphatic heterocycles. The smallest absolute Gasteiger partial charge is 0.0162 e. The standard InChI is InChI=1S/C15H21/c1-2-6-13-9-11-15(12-10-13)14-7-4-3-5-8-14/h4-5,7-8,13,15H,2,6,9-12H2,1H3/t13-,15-. The molecule has 1 aromatic carbocycles. The number of hydrogen-bond acceptors (Lipinski definition) is 0. The van der Waals surface area contributed by atoms with E-state index in [9.17, 15) is 0 Å². The summed E-state index contributed by atoms with van der Waals surface area (Å²) in [7, 11) is 0. The molecule has 0 aromatic heterocycles. The van der Waals surface area contributed by atoms with Crippen molar-refractivity contribution in [2.75, 3.05) is 0 Å². The number of benzene rings is 1. The van der Waals surface area contributed by atoms with E-state index < -0.39 is 0 Å². The molecule has 0 unspecified atom stereocenters. The van der Waals surface area contributed by atoms with Crippen molar-refractivity contribution in [1.29, 1.82) is 0 Å². The third-order valence-electron chi connectivity index (χ3n) is 3.76. The van der Waals surface area contributed by atoms with Gasteiger partial charge < -0.3 is 0 Å². The Hall–Kier alpha value is -0.780. The summed E-state index contributed by atoms with van der Waals surface area (Å²) >= 11 is 0. The van der Waals surface area contributed by atoms with Gasteiger partial charge in [0.05, 0.1) is 0 Å². The second kappa shape index (κ2) is 5.34. The second-order valence-corrected chi connectivity index (χ2v) is 4.84. The molecule has 1 fully saturated rings. The van der Waals surface area contributed by atoms with Gasteiger partial charge in [-0.1, -0.05) is 44.0 Å². The molecule has 0 spiro atoms. The predicted octanol–water partition coefficient (Wildman–Crippen LogP) is 4.56. The number of hydrogen-bond donors (Lipinski definition) is 0. The summed E-state index contributed by atoms with van der Waals surface area (Å²) in [4.78, 5) is 0. The molecule has 0 heterocycles. The Morgan fingerprint density at radius 3 is 2.40 bits per heavy atom. The second-order valence-electron chi connectivity index (χ2n) is 4.84. The van der Waals surface area contributed by atoms with E-state index in [-0.39, 0.29) is 0 Å². The fourth-order valence-corrected chi connectivity index (χ4v) is 2.86. The van der Waals surface area contributed by atoms with Gasteiger partial charge in [-0.05, 0) is 49.1 Å². The maximum atomic E-state index is 3.10. The van der Waals surface area contributed by atoms with Gasteiger partial charge in [-0.15, -0.1) is 0 Å². The van der Waals surface area contributed by atoms with Gasteiger partial charge in [0.2, 0.25) is 0 Å². The van der Waals surface area contributed by atoms with Gasteiger partial charge in [-0.25, -0.2) is 0 Å². The maximum Gasteiger partial charge on any atom is -0.0162 e. The van der Waals surface area contributed by atoms with E-state index in [0.717, 1.165) is 11.8 Å². The molecule has 0 atom stereocenters. The first-order valence-corrected chi connectivity index (χ1v) is 6.36. The van der Waals surface area contributed by atoms with E-state index in [0.29, 0.717) is 0 Å². The Balaban J connectivity index is 1.88. The first-order valence-electron chi connectivity index (χ1n) is 6.36. The Morgan fingerprint density at radius 2 is 1.80 bits per heavy atom. The van der Waals surface area contributed by atoms with Gasteiger partial charge in [-0.2, -0.15) is 0 Å². The van der Waals surface area contributed by atoms with Crippen molar-refractivity contribution in [3.8, 4) is 0 Å². The van der Waals surface area contributed by atoms with E-state index in [1.165, 1.54) is 44.1 Å². The largest absolute Gasteiger partial charge is 0.0654 e. The first kappa shape index (κ1) is 10.7. The van der Waals surface area contributed by atoms with Gasteiger partial charge in [0.15, 0.2) is 0 Å². The lowest BCUT2D eigenvalue weighted by Crippen LogP contribution is -2.13. The number of rotatable bonds is 3. The van der Waals surface area contributed by atoms with Crippen LogP contribution in [0.4, 0.5) is 0 Å². The minimum absolute atomic E-state index is 0.827. The van der Waals surface area contributed by atoms with E-state index in [2.05, 4.69) is 25.1 Å². The molecule has 1 radical (unpaired) electrons. The summed E-state index contributed by atoms with van der Waals surface area (Å²) in [5.74, 6) is 1.84. The third kappa shape index (κ3) is 2.84. The Bertz CT molecular complexity index is 267. The van der Waals surface area contributed by atoms with Crippen LogP contribution in [0.3, 0.4) is 0 Å². The molecule has 1 saturated carbocycles. The topological polar surface area (TPSA) is 0 Å². The summed E-state index contributed by atoms with van der Waals surface area (Å²) in [6.07, 6.45) is 8.47. The van der Waals surface area contributed by atoms with Crippen LogP contribution in [0, 0.1) is 12.0 Å².